The average Bonchev–Trinajstić information content (AvgIpc) is 3.27. The highest BCUT2D eigenvalue weighted by molar-refractivity contribution is 7.66. The van der Waals surface area contributed by atoms with Gasteiger partial charge in [0.1, 0.15) is 30.2 Å². The second-order valence-corrected chi connectivity index (χ2v) is 11.8. The van der Waals surface area contributed by atoms with Gasteiger partial charge in [-0.15, -0.1) is 0 Å². The minimum Gasteiger partial charge on any atom is -0.387 e. The number of ether oxygens (including phenoxy) is 1. The Labute approximate surface area is 197 Å². The van der Waals surface area contributed by atoms with Crippen molar-refractivity contribution in [3.8, 4) is 0 Å². The van der Waals surface area contributed by atoms with Crippen LogP contribution in [0.15, 0.2) is 12.7 Å². The van der Waals surface area contributed by atoms with E-state index in [-0.39, 0.29) is 23.6 Å². The predicted octanol–water partition coefficient (Wildman–Crippen LogP) is 0.195. The number of rotatable bonds is 12. The van der Waals surface area contributed by atoms with Crippen molar-refractivity contribution in [1.29, 1.82) is 0 Å². The molecule has 18 nitrogen and oxygen atoms in total. The SMILES string of the molecule is CCCCOP(=O)(O)OP(=O)(O)OP(=O)(O)OC[C@H]1O[C@@H](n2cnc3c(N)ncnc32)[C@H](O)[C@@H]1O. The lowest BCUT2D eigenvalue weighted by molar-refractivity contribution is -0.0503. The maximum absolute atomic E-state index is 12.1. The van der Waals surface area contributed by atoms with E-state index >= 15 is 0 Å². The number of hydrogen-bond donors (Lipinski definition) is 6. The average molecular weight is 563 g/mol. The van der Waals surface area contributed by atoms with Crippen LogP contribution in [0.3, 0.4) is 0 Å². The van der Waals surface area contributed by atoms with Gasteiger partial charge in [0.05, 0.1) is 19.5 Å². The largest absolute Gasteiger partial charge is 0.490 e. The monoisotopic (exact) mass is 563 g/mol. The Morgan fingerprint density at radius 3 is 2.34 bits per heavy atom. The van der Waals surface area contributed by atoms with E-state index in [1.54, 1.807) is 6.92 Å². The summed E-state index contributed by atoms with van der Waals surface area (Å²) in [6, 6.07) is 0. The lowest BCUT2D eigenvalue weighted by atomic mass is 10.1. The number of aliphatic hydroxyl groups is 2. The molecule has 1 aliphatic rings. The third-order valence-corrected chi connectivity index (χ3v) is 8.85. The Bertz CT molecular complexity index is 1180. The van der Waals surface area contributed by atoms with Gasteiger partial charge < -0.3 is 35.4 Å². The summed E-state index contributed by atoms with van der Waals surface area (Å²) in [7, 11) is -16.1. The summed E-state index contributed by atoms with van der Waals surface area (Å²) in [5.74, 6) is 0.0545. The number of anilines is 1. The summed E-state index contributed by atoms with van der Waals surface area (Å²) in [5.41, 5.74) is 6.07. The molecule has 21 heteroatoms. The molecule has 3 unspecified atom stereocenters. The van der Waals surface area contributed by atoms with Gasteiger partial charge in [-0.1, -0.05) is 13.3 Å². The Morgan fingerprint density at radius 2 is 1.69 bits per heavy atom. The highest BCUT2D eigenvalue weighted by atomic mass is 31.3. The number of aliphatic hydroxyl groups excluding tert-OH is 2. The molecule has 198 valence electrons. The van der Waals surface area contributed by atoms with Crippen molar-refractivity contribution in [3.05, 3.63) is 12.7 Å². The minimum absolute atomic E-state index is 0.0545. The Balaban J connectivity index is 1.62. The zero-order chi connectivity index (χ0) is 26.0. The first-order chi connectivity index (χ1) is 16.3. The highest BCUT2D eigenvalue weighted by Crippen LogP contribution is 2.67. The predicted molar refractivity (Wildman–Crippen MR) is 114 cm³/mol. The fraction of sp³-hybridized carbons (Fsp3) is 0.643. The number of nitrogens with zero attached hydrogens (tertiary/aromatic N) is 4. The van der Waals surface area contributed by atoms with E-state index in [4.69, 9.17) is 10.5 Å². The van der Waals surface area contributed by atoms with Crippen LogP contribution in [0.1, 0.15) is 26.0 Å². The highest BCUT2D eigenvalue weighted by Gasteiger charge is 2.47. The third kappa shape index (κ3) is 7.11. The van der Waals surface area contributed by atoms with Crippen LogP contribution >= 0.6 is 23.5 Å². The van der Waals surface area contributed by atoms with Crippen molar-refractivity contribution in [2.75, 3.05) is 18.9 Å². The van der Waals surface area contributed by atoms with Gasteiger partial charge in [0.15, 0.2) is 17.7 Å². The normalized spacial score (nSPS) is 27.9. The Kier molecular flexibility index (Phi) is 8.82. The number of nitrogens with two attached hydrogens (primary N) is 1. The molecule has 7 atom stereocenters. The van der Waals surface area contributed by atoms with Crippen molar-refractivity contribution in [3.63, 3.8) is 0 Å². The second kappa shape index (κ2) is 10.9. The summed E-state index contributed by atoms with van der Waals surface area (Å²) < 4.78 is 59.3. The number of fused-ring (bicyclic) bond motifs is 1. The summed E-state index contributed by atoms with van der Waals surface area (Å²) in [6.07, 6.45) is -2.67. The van der Waals surface area contributed by atoms with Crippen molar-refractivity contribution < 1.29 is 61.0 Å². The molecule has 2 aromatic heterocycles. The molecule has 0 amide bonds. The van der Waals surface area contributed by atoms with Crippen molar-refractivity contribution in [2.45, 2.75) is 44.3 Å². The van der Waals surface area contributed by atoms with Crippen LogP contribution in [0.5, 0.6) is 0 Å². The zero-order valence-corrected chi connectivity index (χ0v) is 20.7. The molecule has 2 aromatic rings. The molecule has 0 saturated carbocycles. The van der Waals surface area contributed by atoms with Crippen molar-refractivity contribution in [1.82, 2.24) is 19.5 Å². The van der Waals surface area contributed by atoms with Crippen LogP contribution in [0, 0.1) is 0 Å². The van der Waals surface area contributed by atoms with Gasteiger partial charge >= 0.3 is 23.5 Å². The van der Waals surface area contributed by atoms with E-state index in [2.05, 4.69) is 32.6 Å². The molecule has 0 aromatic carbocycles. The molecule has 1 saturated heterocycles. The van der Waals surface area contributed by atoms with Crippen molar-refractivity contribution in [2.24, 2.45) is 0 Å². The summed E-state index contributed by atoms with van der Waals surface area (Å²) in [5, 5.41) is 20.6. The standard InChI is InChI=1S/C14H24N5O13P3/c1-2-3-4-28-33(22,23)31-35(26,27)32-34(24,25)29-5-8-10(20)11(21)14(30-8)19-7-18-9-12(15)16-6-17-13(9)19/h6-8,10-11,14,20-21H,2-5H2,1H3,(H,22,23)(H,24,25)(H,26,27)(H2,15,16,17)/t8-,10-,11-,14-/m1/s1. The molecule has 1 aliphatic heterocycles. The van der Waals surface area contributed by atoms with Gasteiger partial charge in [0.2, 0.25) is 0 Å². The first-order valence-electron chi connectivity index (χ1n) is 9.90. The fourth-order valence-electron chi connectivity index (χ4n) is 2.97. The summed E-state index contributed by atoms with van der Waals surface area (Å²) >= 11 is 0. The Hall–Kier alpha value is -1.36. The van der Waals surface area contributed by atoms with Crippen LogP contribution in [0.2, 0.25) is 0 Å². The molecular formula is C14H24N5O13P3. The molecule has 35 heavy (non-hydrogen) atoms. The van der Waals surface area contributed by atoms with Crippen LogP contribution in [0.25, 0.3) is 11.2 Å². The first kappa shape index (κ1) is 28.2. The number of phosphoric acid groups is 3. The number of unbranched alkanes of at least 4 members (excludes halogenated alkanes) is 1. The molecule has 0 spiro atoms. The third-order valence-electron chi connectivity index (χ3n) is 4.57. The summed E-state index contributed by atoms with van der Waals surface area (Å²) in [6.45, 7) is 0.541. The molecule has 0 bridgehead atoms. The van der Waals surface area contributed by atoms with Crippen LogP contribution in [0.4, 0.5) is 5.82 Å². The fourth-order valence-corrected chi connectivity index (χ4v) is 6.51. The van der Waals surface area contributed by atoms with Crippen LogP contribution < -0.4 is 5.73 Å². The topological polar surface area (TPSA) is 268 Å². The number of nitrogen functional groups attached to an aromatic ring is 1. The smallest absolute Gasteiger partial charge is 0.387 e. The molecule has 0 radical (unpaired) electrons. The molecule has 1 fully saturated rings. The van der Waals surface area contributed by atoms with Gasteiger partial charge in [0, 0.05) is 0 Å². The molecule has 0 aliphatic carbocycles. The van der Waals surface area contributed by atoms with Crippen LogP contribution in [-0.2, 0) is 36.1 Å². The Morgan fingerprint density at radius 1 is 1.03 bits per heavy atom. The maximum atomic E-state index is 12.1. The second-order valence-electron chi connectivity index (χ2n) is 7.18. The first-order valence-corrected chi connectivity index (χ1v) is 14.4. The van der Waals surface area contributed by atoms with Crippen LogP contribution in [-0.4, -0.2) is 75.9 Å². The number of phosphoric ester groups is 2. The molecule has 7 N–H and O–H groups in total. The minimum atomic E-state index is -5.62. The number of hydrogen-bond acceptors (Lipinski definition) is 14. The number of aromatic nitrogens is 4. The zero-order valence-electron chi connectivity index (χ0n) is 18.0. The molecule has 3 rings (SSSR count). The lowest BCUT2D eigenvalue weighted by Gasteiger charge is -2.20. The van der Waals surface area contributed by atoms with E-state index in [0.29, 0.717) is 12.8 Å². The number of imidazole rings is 1. The van der Waals surface area contributed by atoms with E-state index in [0.717, 1.165) is 6.33 Å². The quantitative estimate of drug-likeness (QED) is 0.149. The van der Waals surface area contributed by atoms with E-state index in [1.165, 1.54) is 10.9 Å². The molecular weight excluding hydrogens is 539 g/mol. The van der Waals surface area contributed by atoms with Gasteiger partial charge in [-0.25, -0.2) is 28.6 Å². The maximum Gasteiger partial charge on any atom is 0.490 e. The van der Waals surface area contributed by atoms with Gasteiger partial charge in [0.25, 0.3) is 0 Å². The van der Waals surface area contributed by atoms with E-state index < -0.39 is 54.6 Å². The van der Waals surface area contributed by atoms with E-state index in [9.17, 15) is 38.6 Å². The van der Waals surface area contributed by atoms with Gasteiger partial charge in [-0.05, 0) is 6.42 Å². The molecule has 3 heterocycles. The van der Waals surface area contributed by atoms with Gasteiger partial charge in [-0.2, -0.15) is 8.62 Å². The van der Waals surface area contributed by atoms with E-state index in [1.807, 2.05) is 0 Å². The van der Waals surface area contributed by atoms with Gasteiger partial charge in [-0.3, -0.25) is 13.6 Å². The lowest BCUT2D eigenvalue weighted by Crippen LogP contribution is -2.33. The summed E-state index contributed by atoms with van der Waals surface area (Å²) in [4.78, 5) is 40.5. The van der Waals surface area contributed by atoms with Crippen molar-refractivity contribution >= 4 is 40.4 Å².